The summed E-state index contributed by atoms with van der Waals surface area (Å²) in [6, 6.07) is 6.50. The van der Waals surface area contributed by atoms with Crippen LogP contribution in [0.3, 0.4) is 0 Å². The minimum absolute atomic E-state index is 0.204. The number of rotatable bonds is 0. The smallest absolute Gasteiger partial charge is 0.156 e. The Bertz CT molecular complexity index is 444. The highest BCUT2D eigenvalue weighted by atomic mass is 16.3. The van der Waals surface area contributed by atoms with Gasteiger partial charge in [0.2, 0.25) is 0 Å². The van der Waals surface area contributed by atoms with Crippen molar-refractivity contribution in [2.75, 3.05) is 5.73 Å². The third-order valence-electron chi connectivity index (χ3n) is 2.69. The number of hydrogen-bond acceptors (Lipinski definition) is 3. The largest absolute Gasteiger partial charge is 0.508 e. The molecule has 0 heterocycles. The van der Waals surface area contributed by atoms with Crippen LogP contribution in [-0.2, 0) is 4.79 Å². The van der Waals surface area contributed by atoms with Gasteiger partial charge in [-0.1, -0.05) is 25.5 Å². The summed E-state index contributed by atoms with van der Waals surface area (Å²) < 4.78 is 0. The fourth-order valence-corrected chi connectivity index (χ4v) is 2.19. The molecule has 0 radical (unpaired) electrons. The Morgan fingerprint density at radius 1 is 1.28 bits per heavy atom. The van der Waals surface area contributed by atoms with Gasteiger partial charge in [0.15, 0.2) is 5.78 Å². The summed E-state index contributed by atoms with van der Waals surface area (Å²) in [4.78, 5) is 11.0. The lowest BCUT2D eigenvalue weighted by Gasteiger charge is -2.27. The van der Waals surface area contributed by atoms with E-state index in [0.29, 0.717) is 12.1 Å². The molecule has 3 heteroatoms. The maximum absolute atomic E-state index is 11.0. The zero-order valence-corrected chi connectivity index (χ0v) is 11.2. The SMILES string of the molecule is CC1=CC(=O)CC(C)(C)C1.Nc1cccc(O)c1. The maximum Gasteiger partial charge on any atom is 0.156 e. The Morgan fingerprint density at radius 3 is 2.33 bits per heavy atom. The molecule has 98 valence electrons. The molecule has 0 aliphatic heterocycles. The lowest BCUT2D eigenvalue weighted by molar-refractivity contribution is -0.117. The molecule has 0 aromatic heterocycles. The summed E-state index contributed by atoms with van der Waals surface area (Å²) in [7, 11) is 0. The summed E-state index contributed by atoms with van der Waals surface area (Å²) in [6.45, 7) is 6.31. The van der Waals surface area contributed by atoms with Crippen LogP contribution in [0.1, 0.15) is 33.6 Å². The van der Waals surface area contributed by atoms with Crippen LogP contribution in [0.4, 0.5) is 5.69 Å². The lowest BCUT2D eigenvalue weighted by atomic mass is 9.77. The second kappa shape index (κ2) is 5.71. The molecule has 3 nitrogen and oxygen atoms in total. The van der Waals surface area contributed by atoms with E-state index in [4.69, 9.17) is 10.8 Å². The standard InChI is InChI=1S/C9H14O.C6H7NO/c1-7-4-8(10)6-9(2,3)5-7;7-5-2-1-3-6(8)4-5/h4H,5-6H2,1-3H3;1-4,8H,7H2. The quantitative estimate of drug-likeness (QED) is 0.691. The highest BCUT2D eigenvalue weighted by Crippen LogP contribution is 2.32. The second-order valence-electron chi connectivity index (χ2n) is 5.57. The molecule has 0 amide bonds. The maximum atomic E-state index is 11.0. The molecule has 0 unspecified atom stereocenters. The van der Waals surface area contributed by atoms with Gasteiger partial charge in [-0.3, -0.25) is 4.79 Å². The number of ketones is 1. The molecule has 0 spiro atoms. The van der Waals surface area contributed by atoms with E-state index in [2.05, 4.69) is 13.8 Å². The molecule has 18 heavy (non-hydrogen) atoms. The number of nitrogens with two attached hydrogens (primary N) is 1. The number of nitrogen functional groups attached to an aromatic ring is 1. The molecule has 3 N–H and O–H groups in total. The molecule has 0 saturated heterocycles. The van der Waals surface area contributed by atoms with Crippen molar-refractivity contribution in [2.45, 2.75) is 33.6 Å². The Balaban J connectivity index is 0.000000184. The van der Waals surface area contributed by atoms with Crippen molar-refractivity contribution in [1.29, 1.82) is 0 Å². The van der Waals surface area contributed by atoms with Crippen LogP contribution in [0.15, 0.2) is 35.9 Å². The second-order valence-corrected chi connectivity index (χ2v) is 5.57. The number of aromatic hydroxyl groups is 1. The van der Waals surface area contributed by atoms with E-state index < -0.39 is 0 Å². The average molecular weight is 247 g/mol. The van der Waals surface area contributed by atoms with Gasteiger partial charge >= 0.3 is 0 Å². The summed E-state index contributed by atoms with van der Waals surface area (Å²) in [5, 5.41) is 8.73. The van der Waals surface area contributed by atoms with Gasteiger partial charge in [0, 0.05) is 18.2 Å². The minimum Gasteiger partial charge on any atom is -0.508 e. The van der Waals surface area contributed by atoms with Gasteiger partial charge in [0.05, 0.1) is 0 Å². The van der Waals surface area contributed by atoms with Gasteiger partial charge in [0.1, 0.15) is 5.75 Å². The molecular formula is C15H21NO2. The summed E-state index contributed by atoms with van der Waals surface area (Å²) in [5.41, 5.74) is 7.31. The Labute approximate surface area is 108 Å². The molecule has 1 aromatic rings. The van der Waals surface area contributed by atoms with Crippen molar-refractivity contribution < 1.29 is 9.90 Å². The molecule has 0 fully saturated rings. The number of benzene rings is 1. The van der Waals surface area contributed by atoms with Gasteiger partial charge in [0.25, 0.3) is 0 Å². The van der Waals surface area contributed by atoms with Crippen molar-refractivity contribution in [2.24, 2.45) is 5.41 Å². The molecule has 0 saturated carbocycles. The zero-order chi connectivity index (χ0) is 13.8. The number of phenols is 1. The van der Waals surface area contributed by atoms with Crippen LogP contribution in [0.2, 0.25) is 0 Å². The first-order valence-corrected chi connectivity index (χ1v) is 6.03. The highest BCUT2D eigenvalue weighted by Gasteiger charge is 2.25. The number of carbonyl (C=O) groups is 1. The molecule has 0 bridgehead atoms. The number of hydrogen-bond donors (Lipinski definition) is 2. The van der Waals surface area contributed by atoms with Crippen molar-refractivity contribution in [3.8, 4) is 5.75 Å². The first-order chi connectivity index (χ1) is 8.28. The van der Waals surface area contributed by atoms with Crippen LogP contribution in [0, 0.1) is 5.41 Å². The Morgan fingerprint density at radius 2 is 1.94 bits per heavy atom. The van der Waals surface area contributed by atoms with Crippen LogP contribution in [0.5, 0.6) is 5.75 Å². The van der Waals surface area contributed by atoms with E-state index >= 15 is 0 Å². The lowest BCUT2D eigenvalue weighted by Crippen LogP contribution is -2.20. The number of phenolic OH excluding ortho intramolecular Hbond substituents is 1. The zero-order valence-electron chi connectivity index (χ0n) is 11.2. The molecule has 1 aromatic carbocycles. The molecule has 2 rings (SSSR count). The predicted molar refractivity (Wildman–Crippen MR) is 74.3 cm³/mol. The van der Waals surface area contributed by atoms with Crippen LogP contribution in [0.25, 0.3) is 0 Å². The van der Waals surface area contributed by atoms with Crippen LogP contribution in [-0.4, -0.2) is 10.9 Å². The molecule has 1 aliphatic rings. The van der Waals surface area contributed by atoms with Crippen molar-refractivity contribution in [3.63, 3.8) is 0 Å². The third kappa shape index (κ3) is 5.04. The normalized spacial score (nSPS) is 17.5. The van der Waals surface area contributed by atoms with E-state index in [9.17, 15) is 4.79 Å². The summed E-state index contributed by atoms with van der Waals surface area (Å²) >= 11 is 0. The fourth-order valence-electron chi connectivity index (χ4n) is 2.19. The van der Waals surface area contributed by atoms with Gasteiger partial charge in [-0.05, 0) is 37.0 Å². The fraction of sp³-hybridized carbons (Fsp3) is 0.400. The molecule has 0 atom stereocenters. The molecular weight excluding hydrogens is 226 g/mol. The van der Waals surface area contributed by atoms with E-state index in [-0.39, 0.29) is 16.9 Å². The number of allylic oxidation sites excluding steroid dienone is 2. The topological polar surface area (TPSA) is 63.3 Å². The monoisotopic (exact) mass is 247 g/mol. The summed E-state index contributed by atoms with van der Waals surface area (Å²) in [6.07, 6.45) is 3.55. The number of carbonyl (C=O) groups excluding carboxylic acids is 1. The van der Waals surface area contributed by atoms with Gasteiger partial charge in [-0.2, -0.15) is 0 Å². The van der Waals surface area contributed by atoms with E-state index in [0.717, 1.165) is 6.42 Å². The minimum atomic E-state index is 0.204. The van der Waals surface area contributed by atoms with E-state index in [1.807, 2.05) is 6.92 Å². The first kappa shape index (κ1) is 14.3. The van der Waals surface area contributed by atoms with Crippen molar-refractivity contribution in [1.82, 2.24) is 0 Å². The van der Waals surface area contributed by atoms with Crippen LogP contribution >= 0.6 is 0 Å². The van der Waals surface area contributed by atoms with E-state index in [1.165, 1.54) is 11.6 Å². The van der Waals surface area contributed by atoms with Gasteiger partial charge in [-0.15, -0.1) is 0 Å². The third-order valence-corrected chi connectivity index (χ3v) is 2.69. The van der Waals surface area contributed by atoms with Gasteiger partial charge < -0.3 is 10.8 Å². The molecule has 1 aliphatic carbocycles. The van der Waals surface area contributed by atoms with Crippen molar-refractivity contribution >= 4 is 11.5 Å². The predicted octanol–water partition coefficient (Wildman–Crippen LogP) is 3.30. The van der Waals surface area contributed by atoms with Crippen LogP contribution < -0.4 is 5.73 Å². The van der Waals surface area contributed by atoms with Gasteiger partial charge in [-0.25, -0.2) is 0 Å². The summed E-state index contributed by atoms with van der Waals surface area (Å²) in [5.74, 6) is 0.499. The number of anilines is 1. The average Bonchev–Trinajstić information content (AvgIpc) is 2.13. The first-order valence-electron chi connectivity index (χ1n) is 6.03. The Kier molecular flexibility index (Phi) is 4.54. The van der Waals surface area contributed by atoms with E-state index in [1.54, 1.807) is 24.3 Å². The highest BCUT2D eigenvalue weighted by molar-refractivity contribution is 5.91. The Hall–Kier alpha value is -1.77. The van der Waals surface area contributed by atoms with Crippen molar-refractivity contribution in [3.05, 3.63) is 35.9 Å².